The van der Waals surface area contributed by atoms with Crippen LogP contribution in [0.5, 0.6) is 0 Å². The number of unbranched alkanes of at least 4 members (excludes halogenated alkanes) is 5. The van der Waals surface area contributed by atoms with Crippen molar-refractivity contribution in [2.24, 2.45) is 0 Å². The molecule has 55 valence electrons. The Balaban J connectivity index is 2.60. The molecular weight excluding hydrogens is 127 g/mol. The summed E-state index contributed by atoms with van der Waals surface area (Å²) in [5.74, 6) is 0. The first-order valence-corrected chi connectivity index (χ1v) is 4.77. The van der Waals surface area contributed by atoms with E-state index in [1.807, 2.05) is 0 Å². The molecule has 0 N–H and O–H groups in total. The summed E-state index contributed by atoms with van der Waals surface area (Å²) in [6.07, 6.45) is 9.56. The highest BCUT2D eigenvalue weighted by Crippen LogP contribution is 2.05. The summed E-state index contributed by atoms with van der Waals surface area (Å²) in [5, 5.41) is 0. The highest BCUT2D eigenvalue weighted by Gasteiger charge is 1.85. The topological polar surface area (TPSA) is 0 Å². The molecule has 0 aliphatic rings. The van der Waals surface area contributed by atoms with E-state index in [1.54, 1.807) is 0 Å². The molecule has 0 saturated heterocycles. The predicted molar refractivity (Wildman–Crippen MR) is 46.6 cm³/mol. The molecule has 0 aliphatic carbocycles. The van der Waals surface area contributed by atoms with Gasteiger partial charge in [0.05, 0.1) is 0 Å². The highest BCUT2D eigenvalue weighted by molar-refractivity contribution is 7.16. The zero-order chi connectivity index (χ0) is 6.95. The van der Waals surface area contributed by atoms with Crippen molar-refractivity contribution in [3.8, 4) is 0 Å². The summed E-state index contributed by atoms with van der Waals surface area (Å²) in [4.78, 5) is 0. The van der Waals surface area contributed by atoms with Crippen molar-refractivity contribution in [2.45, 2.75) is 45.4 Å². The summed E-state index contributed by atoms with van der Waals surface area (Å²) < 4.78 is 0. The van der Waals surface area contributed by atoms with Gasteiger partial charge in [-0.1, -0.05) is 48.3 Å². The fraction of sp³-hybridized carbons (Fsp3) is 1.00. The molecule has 0 aromatic heterocycles. The van der Waals surface area contributed by atoms with Gasteiger partial charge in [0, 0.05) is 0 Å². The van der Waals surface area contributed by atoms with E-state index < -0.39 is 0 Å². The zero-order valence-corrected chi connectivity index (χ0v) is 7.45. The summed E-state index contributed by atoms with van der Waals surface area (Å²) in [6.45, 7) is 2.25. The molecule has 0 aromatic rings. The largest absolute Gasteiger partial charge is 0.0992 e. The van der Waals surface area contributed by atoms with Crippen LogP contribution >= 0.6 is 9.24 Å². The van der Waals surface area contributed by atoms with Gasteiger partial charge in [-0.25, -0.2) is 0 Å². The van der Waals surface area contributed by atoms with Gasteiger partial charge in [-0.3, -0.25) is 0 Å². The van der Waals surface area contributed by atoms with Gasteiger partial charge in [-0.2, -0.15) is 0 Å². The Morgan fingerprint density at radius 1 is 0.889 bits per heavy atom. The number of hydrogen-bond donors (Lipinski definition) is 0. The standard InChI is InChI=1S/C8H18P/c1-2-3-4-5-6-7-8-9/h9H,2-8H2,1H3. The van der Waals surface area contributed by atoms with E-state index in [2.05, 4.69) is 16.2 Å². The van der Waals surface area contributed by atoms with E-state index in [1.165, 1.54) is 44.7 Å². The van der Waals surface area contributed by atoms with E-state index in [0.717, 1.165) is 0 Å². The lowest BCUT2D eigenvalue weighted by molar-refractivity contribution is 0.627. The predicted octanol–water partition coefficient (Wildman–Crippen LogP) is 3.49. The maximum absolute atomic E-state index is 3.46. The Bertz CT molecular complexity index is 37.8. The molecule has 0 aliphatic heterocycles. The second-order valence-electron chi connectivity index (χ2n) is 2.52. The first-order chi connectivity index (χ1) is 4.41. The monoisotopic (exact) mass is 145 g/mol. The molecule has 1 heteroatoms. The number of rotatable bonds is 6. The van der Waals surface area contributed by atoms with Crippen LogP contribution in [0.1, 0.15) is 45.4 Å². The van der Waals surface area contributed by atoms with E-state index in [0.29, 0.717) is 0 Å². The quantitative estimate of drug-likeness (QED) is 0.396. The SMILES string of the molecule is CCCCCCCC[PH]. The lowest BCUT2D eigenvalue weighted by atomic mass is 10.1. The molecule has 0 heterocycles. The second kappa shape index (κ2) is 8.43. The molecule has 0 rings (SSSR count). The van der Waals surface area contributed by atoms with E-state index >= 15 is 0 Å². The Kier molecular flexibility index (Phi) is 8.83. The van der Waals surface area contributed by atoms with Crippen LogP contribution in [0.15, 0.2) is 0 Å². The van der Waals surface area contributed by atoms with Crippen molar-refractivity contribution in [3.63, 3.8) is 0 Å². The van der Waals surface area contributed by atoms with E-state index in [4.69, 9.17) is 0 Å². The molecule has 0 spiro atoms. The Morgan fingerprint density at radius 3 is 2.00 bits per heavy atom. The molecule has 0 saturated carbocycles. The van der Waals surface area contributed by atoms with Gasteiger partial charge in [0.25, 0.3) is 0 Å². The molecule has 0 atom stereocenters. The first-order valence-electron chi connectivity index (χ1n) is 4.06. The molecule has 0 aromatic carbocycles. The molecular formula is C8H18P. The molecule has 0 nitrogen and oxygen atoms in total. The molecule has 0 unspecified atom stereocenters. The van der Waals surface area contributed by atoms with Crippen LogP contribution in [0.3, 0.4) is 0 Å². The zero-order valence-electron chi connectivity index (χ0n) is 6.45. The van der Waals surface area contributed by atoms with Gasteiger partial charge >= 0.3 is 0 Å². The molecule has 0 fully saturated rings. The van der Waals surface area contributed by atoms with Gasteiger partial charge in [0.1, 0.15) is 0 Å². The fourth-order valence-corrected chi connectivity index (χ4v) is 1.16. The van der Waals surface area contributed by atoms with Crippen molar-refractivity contribution in [3.05, 3.63) is 0 Å². The van der Waals surface area contributed by atoms with Crippen molar-refractivity contribution >= 4 is 9.24 Å². The van der Waals surface area contributed by atoms with Gasteiger partial charge in [-0.15, -0.1) is 0 Å². The van der Waals surface area contributed by atoms with E-state index in [-0.39, 0.29) is 0 Å². The Morgan fingerprint density at radius 2 is 1.44 bits per heavy atom. The van der Waals surface area contributed by atoms with Gasteiger partial charge in [0.2, 0.25) is 0 Å². The molecule has 1 radical (unpaired) electrons. The lowest BCUT2D eigenvalue weighted by Gasteiger charge is -1.95. The average Bonchev–Trinajstić information content (AvgIpc) is 1.89. The van der Waals surface area contributed by atoms with E-state index in [9.17, 15) is 0 Å². The fourth-order valence-electron chi connectivity index (χ4n) is 0.905. The minimum atomic E-state index is 1.17. The summed E-state index contributed by atoms with van der Waals surface area (Å²) >= 11 is 0. The summed E-state index contributed by atoms with van der Waals surface area (Å²) in [5.41, 5.74) is 0. The highest BCUT2D eigenvalue weighted by atomic mass is 31.0. The van der Waals surface area contributed by atoms with Crippen LogP contribution in [0.2, 0.25) is 0 Å². The Hall–Kier alpha value is 0.430. The van der Waals surface area contributed by atoms with Crippen LogP contribution in [-0.4, -0.2) is 6.16 Å². The lowest BCUT2D eigenvalue weighted by Crippen LogP contribution is -1.78. The first kappa shape index (κ1) is 9.43. The number of hydrogen-bond acceptors (Lipinski definition) is 0. The van der Waals surface area contributed by atoms with Crippen LogP contribution < -0.4 is 0 Å². The van der Waals surface area contributed by atoms with Gasteiger partial charge < -0.3 is 0 Å². The van der Waals surface area contributed by atoms with Crippen molar-refractivity contribution in [1.82, 2.24) is 0 Å². The second-order valence-corrected chi connectivity index (χ2v) is 3.02. The smallest absolute Gasteiger partial charge is 0.0317 e. The van der Waals surface area contributed by atoms with Crippen molar-refractivity contribution in [1.29, 1.82) is 0 Å². The average molecular weight is 145 g/mol. The summed E-state index contributed by atoms with van der Waals surface area (Å²) in [7, 11) is 3.46. The minimum Gasteiger partial charge on any atom is -0.0992 e. The molecule has 9 heavy (non-hydrogen) atoms. The third kappa shape index (κ3) is 8.43. The van der Waals surface area contributed by atoms with Crippen LogP contribution in [-0.2, 0) is 0 Å². The maximum Gasteiger partial charge on any atom is -0.0317 e. The van der Waals surface area contributed by atoms with Crippen molar-refractivity contribution in [2.75, 3.05) is 6.16 Å². The van der Waals surface area contributed by atoms with Gasteiger partial charge in [0.15, 0.2) is 0 Å². The summed E-state index contributed by atoms with van der Waals surface area (Å²) in [6, 6.07) is 0. The van der Waals surface area contributed by atoms with Crippen LogP contribution in [0.25, 0.3) is 0 Å². The molecule has 0 bridgehead atoms. The van der Waals surface area contributed by atoms with Crippen molar-refractivity contribution < 1.29 is 0 Å². The minimum absolute atomic E-state index is 1.17. The molecule has 0 amide bonds. The maximum atomic E-state index is 3.46. The van der Waals surface area contributed by atoms with Crippen LogP contribution in [0, 0.1) is 0 Å². The third-order valence-electron chi connectivity index (χ3n) is 1.53. The Labute approximate surface area is 61.6 Å². The van der Waals surface area contributed by atoms with Gasteiger partial charge in [-0.05, 0) is 12.6 Å². The normalized spacial score (nSPS) is 10.0. The third-order valence-corrected chi connectivity index (χ3v) is 1.88. The van der Waals surface area contributed by atoms with Crippen LogP contribution in [0.4, 0.5) is 0 Å².